The molecule has 1 amide bonds. The van der Waals surface area contributed by atoms with Gasteiger partial charge in [-0.25, -0.2) is 18.7 Å². The van der Waals surface area contributed by atoms with Crippen molar-refractivity contribution in [1.29, 1.82) is 0 Å². The lowest BCUT2D eigenvalue weighted by Crippen LogP contribution is -2.09. The molecule has 25 heavy (non-hydrogen) atoms. The van der Waals surface area contributed by atoms with Crippen LogP contribution in [0.15, 0.2) is 18.2 Å². The van der Waals surface area contributed by atoms with Crippen molar-refractivity contribution in [1.82, 2.24) is 9.97 Å². The fourth-order valence-electron chi connectivity index (χ4n) is 2.16. The van der Waals surface area contributed by atoms with Gasteiger partial charge in [-0.3, -0.25) is 10.1 Å². The summed E-state index contributed by atoms with van der Waals surface area (Å²) >= 11 is 3.89. The highest BCUT2D eigenvalue weighted by Gasteiger charge is 2.17. The van der Waals surface area contributed by atoms with E-state index in [1.54, 1.807) is 6.07 Å². The number of benzene rings is 1. The maximum Gasteiger partial charge on any atom is 0.267 e. The molecule has 0 spiro atoms. The summed E-state index contributed by atoms with van der Waals surface area (Å²) in [6.45, 7) is 0. The average molecular weight is 396 g/mol. The van der Waals surface area contributed by atoms with Crippen LogP contribution in [0.2, 0.25) is 0 Å². The van der Waals surface area contributed by atoms with Gasteiger partial charge in [-0.1, -0.05) is 22.7 Å². The lowest BCUT2D eigenvalue weighted by atomic mass is 10.3. The average Bonchev–Trinajstić information content (AvgIpc) is 3.19. The van der Waals surface area contributed by atoms with E-state index in [0.717, 1.165) is 38.1 Å². The number of hydrogen-bond acceptors (Lipinski definition) is 7. The minimum atomic E-state index is -0.961. The Bertz CT molecular complexity index is 1040. The molecular formula is C15H10F2N4OS3. The normalized spacial score (nSPS) is 11.4. The molecular weight excluding hydrogens is 386 g/mol. The molecule has 0 bridgehead atoms. The van der Waals surface area contributed by atoms with E-state index in [1.165, 1.54) is 22.7 Å². The third-order valence-corrected chi connectivity index (χ3v) is 6.60. The first-order valence-corrected chi connectivity index (χ1v) is 9.50. The molecule has 0 saturated carbocycles. The number of hydrogen-bond donors (Lipinski definition) is 1. The predicted octanol–water partition coefficient (Wildman–Crippen LogP) is 4.56. The first-order chi connectivity index (χ1) is 11.9. The fourth-order valence-corrected chi connectivity index (χ4v) is 5.06. The van der Waals surface area contributed by atoms with Gasteiger partial charge in [0.1, 0.15) is 4.83 Å². The summed E-state index contributed by atoms with van der Waals surface area (Å²) in [6, 6.07) is 3.88. The summed E-state index contributed by atoms with van der Waals surface area (Å²) in [4.78, 5) is 24.2. The van der Waals surface area contributed by atoms with E-state index in [9.17, 15) is 13.6 Å². The van der Waals surface area contributed by atoms with Crippen LogP contribution in [0, 0.1) is 11.6 Å². The molecule has 5 nitrogen and oxygen atoms in total. The Hall–Kier alpha value is -2.17. The van der Waals surface area contributed by atoms with Crippen molar-refractivity contribution in [2.75, 3.05) is 24.3 Å². The number of carbonyl (C=O) groups is 1. The third-order valence-electron chi connectivity index (χ3n) is 3.34. The summed E-state index contributed by atoms with van der Waals surface area (Å²) in [5, 5.41) is 3.85. The molecule has 128 valence electrons. The van der Waals surface area contributed by atoms with E-state index in [-0.39, 0.29) is 5.91 Å². The third kappa shape index (κ3) is 2.96. The molecule has 0 aliphatic rings. The lowest BCUT2D eigenvalue weighted by molar-refractivity contribution is 0.103. The molecule has 3 aromatic heterocycles. The van der Waals surface area contributed by atoms with E-state index in [2.05, 4.69) is 15.3 Å². The minimum absolute atomic E-state index is 0.295. The van der Waals surface area contributed by atoms with Crippen LogP contribution in [-0.2, 0) is 0 Å². The molecule has 0 aliphatic carbocycles. The number of nitrogens with one attached hydrogen (secondary N) is 1. The highest BCUT2D eigenvalue weighted by molar-refractivity contribution is 7.29. The number of rotatable bonds is 3. The van der Waals surface area contributed by atoms with Crippen molar-refractivity contribution in [2.24, 2.45) is 0 Å². The number of anilines is 2. The maximum atomic E-state index is 13.3. The molecule has 0 saturated heterocycles. The Morgan fingerprint density at radius 1 is 1.04 bits per heavy atom. The summed E-state index contributed by atoms with van der Waals surface area (Å²) < 4.78 is 27.9. The van der Waals surface area contributed by atoms with Crippen LogP contribution in [0.25, 0.3) is 19.7 Å². The van der Waals surface area contributed by atoms with Crippen molar-refractivity contribution in [3.05, 3.63) is 34.7 Å². The van der Waals surface area contributed by atoms with Gasteiger partial charge in [0.05, 0.1) is 19.8 Å². The lowest BCUT2D eigenvalue weighted by Gasteiger charge is -2.04. The number of fused-ring (bicyclic) bond motifs is 2. The molecule has 4 rings (SSSR count). The molecule has 1 N–H and O–H groups in total. The topological polar surface area (TPSA) is 58.1 Å². The van der Waals surface area contributed by atoms with Gasteiger partial charge in [0, 0.05) is 20.2 Å². The molecule has 0 aliphatic heterocycles. The number of thiazole rings is 2. The highest BCUT2D eigenvalue weighted by atomic mass is 32.1. The van der Waals surface area contributed by atoms with Crippen LogP contribution >= 0.6 is 34.0 Å². The van der Waals surface area contributed by atoms with Gasteiger partial charge in [0.2, 0.25) is 0 Å². The SMILES string of the molecule is CN(C)c1nc2sc(C(=O)Nc3nc4cc(F)c(F)cc4s3)cc2s1. The van der Waals surface area contributed by atoms with Gasteiger partial charge >= 0.3 is 0 Å². The quantitative estimate of drug-likeness (QED) is 0.551. The number of halogens is 2. The van der Waals surface area contributed by atoms with Crippen molar-refractivity contribution >= 4 is 69.9 Å². The van der Waals surface area contributed by atoms with Crippen molar-refractivity contribution in [2.45, 2.75) is 0 Å². The van der Waals surface area contributed by atoms with Crippen molar-refractivity contribution < 1.29 is 13.6 Å². The summed E-state index contributed by atoms with van der Waals surface area (Å²) in [7, 11) is 3.82. The molecule has 0 atom stereocenters. The van der Waals surface area contributed by atoms with Crippen LogP contribution in [0.3, 0.4) is 0 Å². The standard InChI is InChI=1S/C15H10F2N4OS3/c1-21(2)15-20-13-11(25-15)5-10(23-13)12(22)19-14-18-8-3-6(16)7(17)4-9(8)24-14/h3-5H,1-2H3,(H,18,19,22). The number of nitrogens with zero attached hydrogens (tertiary/aromatic N) is 3. The van der Waals surface area contributed by atoms with Gasteiger partial charge in [0.25, 0.3) is 5.91 Å². The van der Waals surface area contributed by atoms with E-state index in [1.807, 2.05) is 19.0 Å². The number of carbonyl (C=O) groups excluding carboxylic acids is 1. The van der Waals surface area contributed by atoms with E-state index >= 15 is 0 Å². The number of aromatic nitrogens is 2. The Morgan fingerprint density at radius 2 is 1.80 bits per heavy atom. The Labute approximate surface area is 152 Å². The molecule has 1 aromatic carbocycles. The first kappa shape index (κ1) is 16.3. The predicted molar refractivity (Wildman–Crippen MR) is 99.3 cm³/mol. The van der Waals surface area contributed by atoms with Gasteiger partial charge in [-0.05, 0) is 12.1 Å². The molecule has 0 radical (unpaired) electrons. The zero-order chi connectivity index (χ0) is 17.7. The Kier molecular flexibility index (Phi) is 3.89. The smallest absolute Gasteiger partial charge is 0.267 e. The van der Waals surface area contributed by atoms with Crippen LogP contribution in [0.1, 0.15) is 9.67 Å². The second kappa shape index (κ2) is 5.97. The minimum Gasteiger partial charge on any atom is -0.354 e. The second-order valence-corrected chi connectivity index (χ2v) is 8.45. The Balaban J connectivity index is 1.60. The summed E-state index contributed by atoms with van der Waals surface area (Å²) in [5.41, 5.74) is 0.309. The molecule has 0 fully saturated rings. The monoisotopic (exact) mass is 396 g/mol. The van der Waals surface area contributed by atoms with Gasteiger partial charge in [-0.15, -0.1) is 11.3 Å². The zero-order valence-electron chi connectivity index (χ0n) is 13.0. The van der Waals surface area contributed by atoms with Crippen molar-refractivity contribution in [3.8, 4) is 0 Å². The summed E-state index contributed by atoms with van der Waals surface area (Å²) in [5.74, 6) is -2.21. The highest BCUT2D eigenvalue weighted by Crippen LogP contribution is 2.34. The molecule has 3 heterocycles. The number of amides is 1. The van der Waals surface area contributed by atoms with Gasteiger partial charge < -0.3 is 4.90 Å². The largest absolute Gasteiger partial charge is 0.354 e. The van der Waals surface area contributed by atoms with Crippen LogP contribution in [-0.4, -0.2) is 30.0 Å². The second-order valence-electron chi connectivity index (χ2n) is 5.38. The zero-order valence-corrected chi connectivity index (χ0v) is 15.4. The van der Waals surface area contributed by atoms with Gasteiger partial charge in [0.15, 0.2) is 21.9 Å². The van der Waals surface area contributed by atoms with Crippen LogP contribution in [0.5, 0.6) is 0 Å². The van der Waals surface area contributed by atoms with E-state index in [4.69, 9.17) is 0 Å². The van der Waals surface area contributed by atoms with Crippen LogP contribution < -0.4 is 10.2 Å². The fraction of sp³-hybridized carbons (Fsp3) is 0.133. The van der Waals surface area contributed by atoms with Gasteiger partial charge in [-0.2, -0.15) is 0 Å². The van der Waals surface area contributed by atoms with E-state index < -0.39 is 11.6 Å². The molecule has 0 unspecified atom stereocenters. The van der Waals surface area contributed by atoms with Crippen LogP contribution in [0.4, 0.5) is 19.0 Å². The van der Waals surface area contributed by atoms with Crippen molar-refractivity contribution in [3.63, 3.8) is 0 Å². The molecule has 4 aromatic rings. The maximum absolute atomic E-state index is 13.3. The van der Waals surface area contributed by atoms with E-state index in [0.29, 0.717) is 20.2 Å². The molecule has 10 heteroatoms. The Morgan fingerprint density at radius 3 is 2.52 bits per heavy atom. The summed E-state index contributed by atoms with van der Waals surface area (Å²) in [6.07, 6.45) is 0. The number of thiophene rings is 1. The first-order valence-electron chi connectivity index (χ1n) is 7.05.